The highest BCUT2D eigenvalue weighted by atomic mass is 16.8. The van der Waals surface area contributed by atoms with Crippen LogP contribution in [0.5, 0.6) is 0 Å². The SMILES string of the molecule is CC[C@H]1OC(=O)O[C@@]1(C)[C@@H]1OC(=O)[C@H](C)[C@@H](O[C@H]2C[C@@](C)(OC)[C@@H](O)[C@H](C)O2)[C@H](C)[C@@H](O[C@@H]2O[C@H](C)C[C@H](N(C)C)[C@H]2O)[C@@]2(C)C[C@@H](C)C(O)(O2)[C@@H]1C. The maximum atomic E-state index is 14.5. The van der Waals surface area contributed by atoms with Gasteiger partial charge in [-0.3, -0.25) is 4.79 Å². The first-order chi connectivity index (χ1) is 24.5. The molecular formula is C38H65NO14. The molecule has 0 aliphatic carbocycles. The molecule has 1 unspecified atom stereocenters. The van der Waals surface area contributed by atoms with Crippen LogP contribution in [0.25, 0.3) is 0 Å². The summed E-state index contributed by atoms with van der Waals surface area (Å²) in [6.45, 7) is 17.9. The zero-order valence-electron chi connectivity index (χ0n) is 33.8. The van der Waals surface area contributed by atoms with Gasteiger partial charge in [0.05, 0.1) is 47.5 Å². The van der Waals surface area contributed by atoms with Crippen molar-refractivity contribution in [3.8, 4) is 0 Å². The van der Waals surface area contributed by atoms with Crippen LogP contribution in [0.15, 0.2) is 0 Å². The van der Waals surface area contributed by atoms with E-state index in [9.17, 15) is 24.9 Å². The van der Waals surface area contributed by atoms with Crippen LogP contribution in [0.2, 0.25) is 0 Å². The van der Waals surface area contributed by atoms with E-state index in [2.05, 4.69) is 0 Å². The molecule has 2 bridgehead atoms. The van der Waals surface area contributed by atoms with Crippen molar-refractivity contribution < 1.29 is 67.5 Å². The van der Waals surface area contributed by atoms with Gasteiger partial charge >= 0.3 is 12.1 Å². The molecule has 0 saturated carbocycles. The maximum Gasteiger partial charge on any atom is 0.509 e. The van der Waals surface area contributed by atoms with Gasteiger partial charge in [-0.15, -0.1) is 0 Å². The molecule has 15 heteroatoms. The normalized spacial score (nSPS) is 52.4. The molecule has 0 aromatic heterocycles. The molecule has 5 saturated heterocycles. The first-order valence-corrected chi connectivity index (χ1v) is 19.3. The molecule has 19 atom stereocenters. The zero-order valence-corrected chi connectivity index (χ0v) is 33.8. The number of hydrogen-bond donors (Lipinski definition) is 3. The Bertz CT molecular complexity index is 1320. The highest BCUT2D eigenvalue weighted by Gasteiger charge is 2.66. The minimum Gasteiger partial charge on any atom is -0.457 e. The fourth-order valence-corrected chi connectivity index (χ4v) is 9.78. The summed E-state index contributed by atoms with van der Waals surface area (Å²) in [7, 11) is 5.30. The number of likely N-dealkylation sites (N-methyl/N-ethyl adjacent to an activating group) is 1. The number of aliphatic hydroxyl groups is 3. The van der Waals surface area contributed by atoms with Crippen LogP contribution in [0.1, 0.15) is 94.9 Å². The number of fused-ring (bicyclic) bond motifs is 2. The molecule has 15 nitrogen and oxygen atoms in total. The fraction of sp³-hybridized carbons (Fsp3) is 0.947. The molecule has 0 aromatic carbocycles. The van der Waals surface area contributed by atoms with E-state index in [0.717, 1.165) is 0 Å². The lowest BCUT2D eigenvalue weighted by molar-refractivity contribution is -0.336. The average molecular weight is 760 g/mol. The Hall–Kier alpha value is -1.66. The largest absolute Gasteiger partial charge is 0.509 e. The molecule has 0 radical (unpaired) electrons. The van der Waals surface area contributed by atoms with E-state index in [1.165, 1.54) is 7.11 Å². The van der Waals surface area contributed by atoms with Crippen LogP contribution in [0.4, 0.5) is 4.79 Å². The van der Waals surface area contributed by atoms with E-state index in [4.69, 9.17) is 42.6 Å². The van der Waals surface area contributed by atoms with Crippen LogP contribution in [-0.4, -0.2) is 144 Å². The van der Waals surface area contributed by atoms with Crippen molar-refractivity contribution in [1.82, 2.24) is 4.90 Å². The Morgan fingerprint density at radius 2 is 1.60 bits per heavy atom. The number of carbonyl (C=O) groups excluding carboxylic acids is 2. The van der Waals surface area contributed by atoms with Gasteiger partial charge in [0.2, 0.25) is 0 Å². The van der Waals surface area contributed by atoms with Crippen molar-refractivity contribution in [2.75, 3.05) is 21.2 Å². The van der Waals surface area contributed by atoms with Gasteiger partial charge in [-0.2, -0.15) is 0 Å². The van der Waals surface area contributed by atoms with Gasteiger partial charge in [-0.25, -0.2) is 4.79 Å². The second-order valence-corrected chi connectivity index (χ2v) is 17.3. The van der Waals surface area contributed by atoms with Gasteiger partial charge in [0.25, 0.3) is 0 Å². The zero-order chi connectivity index (χ0) is 39.6. The third kappa shape index (κ3) is 7.61. The number of esters is 1. The Kier molecular flexibility index (Phi) is 12.3. The highest BCUT2D eigenvalue weighted by Crippen LogP contribution is 2.53. The molecule has 5 aliphatic rings. The number of methoxy groups -OCH3 is 1. The Balaban J connectivity index is 1.63. The molecule has 3 N–H and O–H groups in total. The van der Waals surface area contributed by atoms with E-state index in [1.807, 2.05) is 53.6 Å². The highest BCUT2D eigenvalue weighted by molar-refractivity contribution is 5.73. The summed E-state index contributed by atoms with van der Waals surface area (Å²) in [5.41, 5.74) is -3.72. The van der Waals surface area contributed by atoms with Crippen LogP contribution in [0.3, 0.4) is 0 Å². The van der Waals surface area contributed by atoms with Gasteiger partial charge < -0.3 is 62.9 Å². The molecule has 306 valence electrons. The van der Waals surface area contributed by atoms with E-state index in [1.54, 1.807) is 34.6 Å². The number of ether oxygens (including phenoxy) is 9. The summed E-state index contributed by atoms with van der Waals surface area (Å²) in [5.74, 6) is -5.70. The van der Waals surface area contributed by atoms with Crippen molar-refractivity contribution in [2.45, 2.75) is 185 Å². The van der Waals surface area contributed by atoms with Crippen LogP contribution >= 0.6 is 0 Å². The maximum absolute atomic E-state index is 14.5. The lowest BCUT2D eigenvalue weighted by Gasteiger charge is -2.48. The van der Waals surface area contributed by atoms with Gasteiger partial charge in [-0.1, -0.05) is 27.7 Å². The van der Waals surface area contributed by atoms with Gasteiger partial charge in [0.15, 0.2) is 30.1 Å². The second-order valence-electron chi connectivity index (χ2n) is 17.3. The van der Waals surface area contributed by atoms with E-state index in [0.29, 0.717) is 19.3 Å². The summed E-state index contributed by atoms with van der Waals surface area (Å²) in [6, 6.07) is -0.268. The van der Waals surface area contributed by atoms with Crippen LogP contribution in [0, 0.1) is 23.7 Å². The van der Waals surface area contributed by atoms with Gasteiger partial charge in [0, 0.05) is 31.4 Å². The van der Waals surface area contributed by atoms with Gasteiger partial charge in [0.1, 0.15) is 18.3 Å². The van der Waals surface area contributed by atoms with E-state index < -0.39 is 114 Å². The summed E-state index contributed by atoms with van der Waals surface area (Å²) >= 11 is 0. The summed E-state index contributed by atoms with van der Waals surface area (Å²) < 4.78 is 56.4. The summed E-state index contributed by atoms with van der Waals surface area (Å²) in [6.07, 6.45) is -8.29. The predicted molar refractivity (Wildman–Crippen MR) is 188 cm³/mol. The number of aliphatic hydroxyl groups excluding tert-OH is 2. The topological polar surface area (TPSA) is 181 Å². The predicted octanol–water partition coefficient (Wildman–Crippen LogP) is 3.13. The Morgan fingerprint density at radius 3 is 2.21 bits per heavy atom. The third-order valence-corrected chi connectivity index (χ3v) is 13.1. The summed E-state index contributed by atoms with van der Waals surface area (Å²) in [4.78, 5) is 29.1. The van der Waals surface area contributed by atoms with Crippen molar-refractivity contribution in [1.29, 1.82) is 0 Å². The number of carbonyl (C=O) groups is 2. The number of hydrogen-bond acceptors (Lipinski definition) is 15. The molecular weight excluding hydrogens is 694 g/mol. The number of cyclic esters (lactones) is 3. The average Bonchev–Trinajstić information content (AvgIpc) is 3.53. The molecule has 0 spiro atoms. The molecule has 0 aromatic rings. The standard InChI is InChI=1S/C38H65NO14/c1-14-25-37(10,52-34(43)48-25)31-22(6)38(44)18(2)16-36(9,53-38)30(51-33-27(40)24(39(11)12)15-19(3)46-33)20(4)28(21(5)32(42)50-31)49-26-17-35(8,45-13)29(41)23(7)47-26/h18-31,33,40-41,44H,14-17H2,1-13H3/t18-,19-,20+,21-,22-,23+,24+,25-,26+,27-,28+,29+,30-,31-,33+,35-,36-,37-,38?/m1/s1. The molecule has 5 rings (SSSR count). The van der Waals surface area contributed by atoms with E-state index in [-0.39, 0.29) is 18.6 Å². The number of nitrogens with zero attached hydrogens (tertiary/aromatic N) is 1. The fourth-order valence-electron chi connectivity index (χ4n) is 9.78. The van der Waals surface area contributed by atoms with Crippen molar-refractivity contribution in [3.63, 3.8) is 0 Å². The lowest BCUT2D eigenvalue weighted by atomic mass is 9.74. The monoisotopic (exact) mass is 759 g/mol. The summed E-state index contributed by atoms with van der Waals surface area (Å²) in [5, 5.41) is 35.2. The minimum absolute atomic E-state index is 0.145. The van der Waals surface area contributed by atoms with Crippen molar-refractivity contribution in [3.05, 3.63) is 0 Å². The quantitative estimate of drug-likeness (QED) is 0.307. The molecule has 53 heavy (non-hydrogen) atoms. The lowest BCUT2D eigenvalue weighted by Crippen LogP contribution is -2.60. The van der Waals surface area contributed by atoms with Crippen molar-refractivity contribution >= 4 is 12.1 Å². The second kappa shape index (κ2) is 15.4. The smallest absolute Gasteiger partial charge is 0.457 e. The van der Waals surface area contributed by atoms with Crippen LogP contribution in [-0.2, 0) is 47.4 Å². The molecule has 0 amide bonds. The third-order valence-electron chi connectivity index (χ3n) is 13.1. The first-order valence-electron chi connectivity index (χ1n) is 19.3. The Morgan fingerprint density at radius 1 is 0.943 bits per heavy atom. The van der Waals surface area contributed by atoms with Crippen LogP contribution < -0.4 is 0 Å². The molecule has 5 heterocycles. The van der Waals surface area contributed by atoms with E-state index >= 15 is 0 Å². The minimum atomic E-state index is -1.90. The first kappa shape index (κ1) is 42.5. The van der Waals surface area contributed by atoms with Gasteiger partial charge in [-0.05, 0) is 74.9 Å². The molecule has 5 aliphatic heterocycles. The molecule has 5 fully saturated rings. The Labute approximate surface area is 314 Å². The number of rotatable bonds is 8. The van der Waals surface area contributed by atoms with Crippen molar-refractivity contribution in [2.24, 2.45) is 23.7 Å².